The van der Waals surface area contributed by atoms with Crippen molar-refractivity contribution in [3.05, 3.63) is 42.0 Å². The largest absolute Gasteiger partial charge is 0.353 e. The molecule has 28 heavy (non-hydrogen) atoms. The van der Waals surface area contributed by atoms with Crippen molar-refractivity contribution in [1.29, 1.82) is 0 Å². The third kappa shape index (κ3) is 4.38. The third-order valence-corrected chi connectivity index (χ3v) is 12.8. The Hall–Kier alpha value is -1.52. The molecule has 2 nitrogen and oxygen atoms in total. The van der Waals surface area contributed by atoms with Crippen LogP contribution in [0.25, 0.3) is 0 Å². The smallest absolute Gasteiger partial charge is 0.119 e. The van der Waals surface area contributed by atoms with E-state index in [2.05, 4.69) is 75.6 Å². The van der Waals surface area contributed by atoms with Gasteiger partial charge in [-0.1, -0.05) is 69.4 Å². The molecule has 0 amide bonds. The maximum absolute atomic E-state index is 10.6. The molecule has 3 rings (SSSR count). The Kier molecular flexibility index (Phi) is 6.40. The Morgan fingerprint density at radius 1 is 1.11 bits per heavy atom. The van der Waals surface area contributed by atoms with Gasteiger partial charge in [0.2, 0.25) is 0 Å². The van der Waals surface area contributed by atoms with Crippen LogP contribution < -0.4 is 10.5 Å². The molecule has 2 aromatic carbocycles. The molecule has 1 radical (unpaired) electrons. The Balaban J connectivity index is 1.97. The molecule has 0 saturated carbocycles. The molecular formula is C24H32NOSSi. The van der Waals surface area contributed by atoms with E-state index in [4.69, 9.17) is 0 Å². The van der Waals surface area contributed by atoms with E-state index < -0.39 is 8.07 Å². The van der Waals surface area contributed by atoms with Crippen molar-refractivity contribution in [2.75, 3.05) is 5.32 Å². The predicted octanol–water partition coefficient (Wildman–Crippen LogP) is 6.71. The number of rotatable bonds is 7. The van der Waals surface area contributed by atoms with Crippen LogP contribution in [0, 0.1) is 6.07 Å². The first-order valence-corrected chi connectivity index (χ1v) is 14.1. The number of aldehydes is 1. The molecule has 0 unspecified atom stereocenters. The molecule has 1 heterocycles. The van der Waals surface area contributed by atoms with Crippen LogP contribution in [0.5, 0.6) is 0 Å². The van der Waals surface area contributed by atoms with Crippen LogP contribution in [0.3, 0.4) is 0 Å². The first-order valence-electron chi connectivity index (χ1n) is 10.3. The molecule has 0 fully saturated rings. The molecule has 1 aliphatic rings. The normalized spacial score (nSPS) is 13.5. The third-order valence-electron chi connectivity index (χ3n) is 6.27. The lowest BCUT2D eigenvalue weighted by molar-refractivity contribution is -0.107. The molecule has 4 heteroatoms. The van der Waals surface area contributed by atoms with Gasteiger partial charge >= 0.3 is 0 Å². The summed E-state index contributed by atoms with van der Waals surface area (Å²) in [6.45, 7) is 12.0. The second-order valence-corrected chi connectivity index (χ2v) is 15.6. The molecule has 149 valence electrons. The number of unbranched alkanes of at least 4 members (excludes halogenated alkanes) is 3. The van der Waals surface area contributed by atoms with E-state index >= 15 is 0 Å². The molecule has 0 bridgehead atoms. The minimum Gasteiger partial charge on any atom is -0.353 e. The zero-order valence-corrected chi connectivity index (χ0v) is 19.6. The van der Waals surface area contributed by atoms with E-state index in [0.717, 1.165) is 32.0 Å². The van der Waals surface area contributed by atoms with Crippen LogP contribution in [0.2, 0.25) is 18.1 Å². The van der Waals surface area contributed by atoms with Gasteiger partial charge in [0, 0.05) is 16.2 Å². The first-order chi connectivity index (χ1) is 13.2. The van der Waals surface area contributed by atoms with Gasteiger partial charge in [0.1, 0.15) is 6.29 Å². The summed E-state index contributed by atoms with van der Waals surface area (Å²) in [6.07, 6.45) is 5.90. The summed E-state index contributed by atoms with van der Waals surface area (Å²) < 4.78 is 0. The van der Waals surface area contributed by atoms with Gasteiger partial charge in [0.05, 0.1) is 19.4 Å². The molecule has 0 spiro atoms. The van der Waals surface area contributed by atoms with Crippen LogP contribution >= 0.6 is 11.8 Å². The van der Waals surface area contributed by atoms with Crippen LogP contribution in [0.1, 0.15) is 52.0 Å². The zero-order valence-electron chi connectivity index (χ0n) is 17.8. The Bertz CT molecular complexity index is 854. The average molecular weight is 411 g/mol. The van der Waals surface area contributed by atoms with Crippen LogP contribution in [-0.2, 0) is 11.2 Å². The number of anilines is 2. The second kappa shape index (κ2) is 8.46. The van der Waals surface area contributed by atoms with Gasteiger partial charge in [-0.3, -0.25) is 0 Å². The van der Waals surface area contributed by atoms with Crippen molar-refractivity contribution in [2.24, 2.45) is 0 Å². The van der Waals surface area contributed by atoms with Gasteiger partial charge in [-0.15, -0.1) is 0 Å². The maximum atomic E-state index is 10.6. The molecule has 0 atom stereocenters. The number of hydrogen-bond donors (Lipinski definition) is 1. The van der Waals surface area contributed by atoms with E-state index in [-0.39, 0.29) is 5.04 Å². The van der Waals surface area contributed by atoms with Crippen molar-refractivity contribution in [3.63, 3.8) is 0 Å². The lowest BCUT2D eigenvalue weighted by Gasteiger charge is -2.38. The lowest BCUT2D eigenvalue weighted by Crippen LogP contribution is -2.49. The number of fused-ring (bicyclic) bond motifs is 2. The summed E-state index contributed by atoms with van der Waals surface area (Å²) in [6, 6.07) is 14.8. The molecule has 0 aromatic heterocycles. The topological polar surface area (TPSA) is 29.1 Å². The highest BCUT2D eigenvalue weighted by atomic mass is 32.2. The number of aryl methyl sites for hydroxylation is 1. The molecule has 1 N–H and O–H groups in total. The zero-order chi connectivity index (χ0) is 20.4. The summed E-state index contributed by atoms with van der Waals surface area (Å²) in [7, 11) is -1.67. The molecule has 0 saturated heterocycles. The highest BCUT2D eigenvalue weighted by Gasteiger charge is 2.38. The van der Waals surface area contributed by atoms with Gasteiger partial charge in [-0.25, -0.2) is 0 Å². The number of nitrogens with one attached hydrogen (secondary N) is 1. The highest BCUT2D eigenvalue weighted by molar-refractivity contribution is 7.99. The van der Waals surface area contributed by atoms with Gasteiger partial charge in [0.25, 0.3) is 0 Å². The van der Waals surface area contributed by atoms with E-state index in [1.807, 2.05) is 11.8 Å². The fraction of sp³-hybridized carbons (Fsp3) is 0.458. The van der Waals surface area contributed by atoms with Gasteiger partial charge in [-0.05, 0) is 54.1 Å². The number of benzene rings is 2. The van der Waals surface area contributed by atoms with E-state index in [1.165, 1.54) is 31.9 Å². The molecule has 1 aliphatic heterocycles. The van der Waals surface area contributed by atoms with E-state index in [9.17, 15) is 4.79 Å². The first kappa shape index (κ1) is 21.2. The van der Waals surface area contributed by atoms with Gasteiger partial charge < -0.3 is 10.1 Å². The standard InChI is InChI=1S/C24H32NOSSi/c1-24(2,3)28(4,5)19-16-18(12-8-6-7-11-15-26)23-22(17-19)27-21-14-10-9-13-20(21)25-23/h9-10,13-15,17,25H,6-8,11-12H2,1-5H3. The predicted molar refractivity (Wildman–Crippen MR) is 124 cm³/mol. The summed E-state index contributed by atoms with van der Waals surface area (Å²) in [5.41, 5.74) is 3.74. The van der Waals surface area contributed by atoms with Crippen molar-refractivity contribution in [3.8, 4) is 0 Å². The number of carbonyl (C=O) groups is 1. The second-order valence-electron chi connectivity index (χ2n) is 9.27. The molecule has 0 aliphatic carbocycles. The monoisotopic (exact) mass is 410 g/mol. The Morgan fingerprint density at radius 3 is 2.57 bits per heavy atom. The quantitative estimate of drug-likeness (QED) is 0.266. The fourth-order valence-electron chi connectivity index (χ4n) is 3.38. The van der Waals surface area contributed by atoms with Crippen LogP contribution in [0.15, 0.2) is 40.1 Å². The van der Waals surface area contributed by atoms with Crippen molar-refractivity contribution in [1.82, 2.24) is 0 Å². The number of para-hydroxylation sites is 1. The average Bonchev–Trinajstić information content (AvgIpc) is 2.65. The summed E-state index contributed by atoms with van der Waals surface area (Å²) in [4.78, 5) is 13.2. The minimum absolute atomic E-state index is 0.281. The lowest BCUT2D eigenvalue weighted by atomic mass is 10.0. The minimum atomic E-state index is -1.67. The van der Waals surface area contributed by atoms with Gasteiger partial charge in [0.15, 0.2) is 0 Å². The maximum Gasteiger partial charge on any atom is 0.119 e. The van der Waals surface area contributed by atoms with Gasteiger partial charge in [-0.2, -0.15) is 0 Å². The molecule has 2 aromatic rings. The van der Waals surface area contributed by atoms with E-state index in [0.29, 0.717) is 6.42 Å². The van der Waals surface area contributed by atoms with Crippen molar-refractivity contribution < 1.29 is 4.79 Å². The number of hydrogen-bond acceptors (Lipinski definition) is 3. The number of carbonyl (C=O) groups excluding carboxylic acids is 1. The SMILES string of the molecule is CC(C)(C)[Si](C)(C)c1[c]c(CCCCCC=O)c2c(c1)Sc1ccccc1N2. The van der Waals surface area contributed by atoms with Crippen molar-refractivity contribution in [2.45, 2.75) is 80.8 Å². The summed E-state index contributed by atoms with van der Waals surface area (Å²) in [5, 5.41) is 5.39. The summed E-state index contributed by atoms with van der Waals surface area (Å²) >= 11 is 1.88. The highest BCUT2D eigenvalue weighted by Crippen LogP contribution is 2.46. The van der Waals surface area contributed by atoms with Crippen LogP contribution in [0.4, 0.5) is 11.4 Å². The molecular weight excluding hydrogens is 378 g/mol. The summed E-state index contributed by atoms with van der Waals surface area (Å²) in [5.74, 6) is 0. The van der Waals surface area contributed by atoms with Crippen molar-refractivity contribution >= 4 is 42.7 Å². The Labute approximate surface area is 175 Å². The fourth-order valence-corrected chi connectivity index (χ4v) is 6.32. The van der Waals surface area contributed by atoms with E-state index in [1.54, 1.807) is 0 Å². The Morgan fingerprint density at radius 2 is 1.86 bits per heavy atom. The van der Waals surface area contributed by atoms with Crippen LogP contribution in [-0.4, -0.2) is 14.4 Å².